The van der Waals surface area contributed by atoms with Crippen LogP contribution in [0.3, 0.4) is 0 Å². The van der Waals surface area contributed by atoms with Gasteiger partial charge in [0.25, 0.3) is 5.95 Å². The lowest BCUT2D eigenvalue weighted by molar-refractivity contribution is -0.126. The van der Waals surface area contributed by atoms with Crippen LogP contribution in [0.5, 0.6) is 0 Å². The summed E-state index contributed by atoms with van der Waals surface area (Å²) in [5.74, 6) is 1.97. The van der Waals surface area contributed by atoms with Gasteiger partial charge in [-0.1, -0.05) is 19.3 Å². The SMILES string of the molecule is CN(C)c1noc(CN2CCC[C@H]2C(=O)NCC2CCCCC2)n1. The van der Waals surface area contributed by atoms with E-state index >= 15 is 0 Å². The van der Waals surface area contributed by atoms with E-state index in [4.69, 9.17) is 4.52 Å². The molecule has 1 N–H and O–H groups in total. The highest BCUT2D eigenvalue weighted by Crippen LogP contribution is 2.24. The van der Waals surface area contributed by atoms with Crippen molar-refractivity contribution in [2.24, 2.45) is 5.92 Å². The van der Waals surface area contributed by atoms with Crippen molar-refractivity contribution in [3.63, 3.8) is 0 Å². The third-order valence-corrected chi connectivity index (χ3v) is 5.15. The molecule has 134 valence electrons. The molecule has 2 fully saturated rings. The van der Waals surface area contributed by atoms with E-state index in [1.54, 1.807) is 0 Å². The number of rotatable bonds is 6. The van der Waals surface area contributed by atoms with E-state index in [1.807, 2.05) is 19.0 Å². The average molecular weight is 335 g/mol. The molecule has 3 rings (SSSR count). The highest BCUT2D eigenvalue weighted by molar-refractivity contribution is 5.82. The first-order valence-corrected chi connectivity index (χ1v) is 9.15. The van der Waals surface area contributed by atoms with Crippen LogP contribution in [0.4, 0.5) is 5.95 Å². The number of carbonyl (C=O) groups excluding carboxylic acids is 1. The Hall–Kier alpha value is -1.63. The van der Waals surface area contributed by atoms with Crippen LogP contribution in [0.2, 0.25) is 0 Å². The number of likely N-dealkylation sites (tertiary alicyclic amines) is 1. The summed E-state index contributed by atoms with van der Waals surface area (Å²) in [6, 6.07) is -0.0664. The molecule has 0 radical (unpaired) electrons. The Kier molecular flexibility index (Phi) is 5.71. The molecule has 1 saturated carbocycles. The fraction of sp³-hybridized carbons (Fsp3) is 0.824. The van der Waals surface area contributed by atoms with Crippen LogP contribution in [0.1, 0.15) is 50.8 Å². The van der Waals surface area contributed by atoms with Gasteiger partial charge < -0.3 is 14.7 Å². The molecule has 0 unspecified atom stereocenters. The molecule has 0 spiro atoms. The van der Waals surface area contributed by atoms with Gasteiger partial charge in [0.1, 0.15) is 0 Å². The van der Waals surface area contributed by atoms with Crippen LogP contribution in [-0.4, -0.2) is 54.2 Å². The van der Waals surface area contributed by atoms with Gasteiger partial charge in [0.15, 0.2) is 0 Å². The maximum absolute atomic E-state index is 12.6. The summed E-state index contributed by atoms with van der Waals surface area (Å²) in [6.45, 7) is 2.28. The van der Waals surface area contributed by atoms with Gasteiger partial charge in [-0.25, -0.2) is 0 Å². The predicted molar refractivity (Wildman–Crippen MR) is 91.6 cm³/mol. The minimum absolute atomic E-state index is 0.0664. The Labute approximate surface area is 143 Å². The van der Waals surface area contributed by atoms with E-state index < -0.39 is 0 Å². The number of carbonyl (C=O) groups is 1. The number of aromatic nitrogens is 2. The van der Waals surface area contributed by atoms with Crippen LogP contribution >= 0.6 is 0 Å². The van der Waals surface area contributed by atoms with Crippen molar-refractivity contribution < 1.29 is 9.32 Å². The van der Waals surface area contributed by atoms with Gasteiger partial charge in [-0.3, -0.25) is 9.69 Å². The van der Waals surface area contributed by atoms with Gasteiger partial charge in [-0.05, 0) is 43.3 Å². The van der Waals surface area contributed by atoms with Crippen molar-refractivity contribution in [2.75, 3.05) is 32.1 Å². The summed E-state index contributed by atoms with van der Waals surface area (Å²) >= 11 is 0. The lowest BCUT2D eigenvalue weighted by atomic mass is 9.89. The Morgan fingerprint density at radius 3 is 2.75 bits per heavy atom. The maximum Gasteiger partial charge on any atom is 0.265 e. The van der Waals surface area contributed by atoms with Gasteiger partial charge in [-0.15, -0.1) is 0 Å². The summed E-state index contributed by atoms with van der Waals surface area (Å²) in [5, 5.41) is 7.12. The first kappa shape index (κ1) is 17.2. The van der Waals surface area contributed by atoms with Crippen molar-refractivity contribution in [1.82, 2.24) is 20.4 Å². The van der Waals surface area contributed by atoms with Crippen molar-refractivity contribution in [2.45, 2.75) is 57.5 Å². The molecule has 1 aliphatic heterocycles. The second-order valence-electron chi connectivity index (χ2n) is 7.26. The minimum Gasteiger partial charge on any atom is -0.354 e. The number of amides is 1. The van der Waals surface area contributed by atoms with Crippen molar-refractivity contribution >= 4 is 11.9 Å². The summed E-state index contributed by atoms with van der Waals surface area (Å²) < 4.78 is 5.29. The lowest BCUT2D eigenvalue weighted by Crippen LogP contribution is -2.44. The Bertz CT molecular complexity index is 539. The fourth-order valence-electron chi connectivity index (χ4n) is 3.73. The molecule has 1 saturated heterocycles. The normalized spacial score (nSPS) is 22.7. The van der Waals surface area contributed by atoms with Gasteiger partial charge in [-0.2, -0.15) is 4.98 Å². The molecule has 0 aromatic carbocycles. The van der Waals surface area contributed by atoms with E-state index in [-0.39, 0.29) is 11.9 Å². The first-order chi connectivity index (χ1) is 11.6. The van der Waals surface area contributed by atoms with E-state index in [0.717, 1.165) is 25.9 Å². The third kappa shape index (κ3) is 4.26. The summed E-state index contributed by atoms with van der Waals surface area (Å²) in [4.78, 5) is 20.9. The second kappa shape index (κ2) is 7.96. The third-order valence-electron chi connectivity index (χ3n) is 5.15. The first-order valence-electron chi connectivity index (χ1n) is 9.15. The molecule has 1 aromatic heterocycles. The van der Waals surface area contributed by atoms with E-state index in [9.17, 15) is 4.79 Å². The van der Waals surface area contributed by atoms with Crippen LogP contribution in [0, 0.1) is 5.92 Å². The number of anilines is 1. The largest absolute Gasteiger partial charge is 0.354 e. The zero-order valence-corrected chi connectivity index (χ0v) is 14.8. The summed E-state index contributed by atoms with van der Waals surface area (Å²) in [7, 11) is 3.76. The van der Waals surface area contributed by atoms with E-state index in [2.05, 4.69) is 20.4 Å². The van der Waals surface area contributed by atoms with Gasteiger partial charge in [0.2, 0.25) is 11.8 Å². The Morgan fingerprint density at radius 2 is 2.04 bits per heavy atom. The summed E-state index contributed by atoms with van der Waals surface area (Å²) in [6.07, 6.45) is 8.41. The van der Waals surface area contributed by atoms with Crippen LogP contribution in [-0.2, 0) is 11.3 Å². The molecule has 2 heterocycles. The minimum atomic E-state index is -0.0664. The standard InChI is InChI=1S/C17H29N5O2/c1-21(2)17-19-15(24-20-17)12-22-10-6-9-14(22)16(23)18-11-13-7-4-3-5-8-13/h13-14H,3-12H2,1-2H3,(H,18,23)/t14-/m0/s1. The number of nitrogens with one attached hydrogen (secondary N) is 1. The molecule has 0 bridgehead atoms. The predicted octanol–water partition coefficient (Wildman–Crippen LogP) is 1.80. The molecule has 24 heavy (non-hydrogen) atoms. The molecular formula is C17H29N5O2. The number of nitrogens with zero attached hydrogens (tertiary/aromatic N) is 4. The van der Waals surface area contributed by atoms with Crippen molar-refractivity contribution in [1.29, 1.82) is 0 Å². The Balaban J connectivity index is 1.51. The highest BCUT2D eigenvalue weighted by atomic mass is 16.5. The van der Waals surface area contributed by atoms with Gasteiger partial charge >= 0.3 is 0 Å². The molecule has 7 nitrogen and oxygen atoms in total. The molecule has 2 aliphatic rings. The number of hydrogen-bond acceptors (Lipinski definition) is 6. The van der Waals surface area contributed by atoms with Crippen molar-refractivity contribution in [3.05, 3.63) is 5.89 Å². The quantitative estimate of drug-likeness (QED) is 0.854. The van der Waals surface area contributed by atoms with Crippen molar-refractivity contribution in [3.8, 4) is 0 Å². The highest BCUT2D eigenvalue weighted by Gasteiger charge is 2.32. The molecule has 1 aliphatic carbocycles. The van der Waals surface area contributed by atoms with E-state index in [0.29, 0.717) is 24.3 Å². The second-order valence-corrected chi connectivity index (χ2v) is 7.26. The van der Waals surface area contributed by atoms with E-state index in [1.165, 1.54) is 32.1 Å². The fourth-order valence-corrected chi connectivity index (χ4v) is 3.73. The molecule has 1 aromatic rings. The van der Waals surface area contributed by atoms with Gasteiger partial charge in [0, 0.05) is 20.6 Å². The molecule has 1 atom stereocenters. The zero-order valence-electron chi connectivity index (χ0n) is 14.8. The monoisotopic (exact) mass is 335 g/mol. The molecule has 1 amide bonds. The zero-order chi connectivity index (χ0) is 16.9. The van der Waals surface area contributed by atoms with Gasteiger partial charge in [0.05, 0.1) is 12.6 Å². The summed E-state index contributed by atoms with van der Waals surface area (Å²) in [5.41, 5.74) is 0. The van der Waals surface area contributed by atoms with Crippen LogP contribution < -0.4 is 10.2 Å². The maximum atomic E-state index is 12.6. The average Bonchev–Trinajstić information content (AvgIpc) is 3.23. The van der Waals surface area contributed by atoms with Crippen LogP contribution in [0.15, 0.2) is 4.52 Å². The molecular weight excluding hydrogens is 306 g/mol. The lowest BCUT2D eigenvalue weighted by Gasteiger charge is -2.25. The smallest absolute Gasteiger partial charge is 0.265 e. The topological polar surface area (TPSA) is 74.5 Å². The Morgan fingerprint density at radius 1 is 1.25 bits per heavy atom. The molecule has 7 heteroatoms. The van der Waals surface area contributed by atoms with Crippen LogP contribution in [0.25, 0.3) is 0 Å². The number of hydrogen-bond donors (Lipinski definition) is 1.